The van der Waals surface area contributed by atoms with Crippen molar-refractivity contribution >= 4 is 5.78 Å². The highest BCUT2D eigenvalue weighted by Gasteiger charge is 2.07. The van der Waals surface area contributed by atoms with Crippen molar-refractivity contribution in [1.29, 1.82) is 0 Å². The highest BCUT2D eigenvalue weighted by molar-refractivity contribution is 5.83. The largest absolute Gasteiger partial charge is 0.299 e. The molecule has 2 aromatic carbocycles. The van der Waals surface area contributed by atoms with Gasteiger partial charge in [0.25, 0.3) is 0 Å². The topological polar surface area (TPSA) is 17.1 Å². The van der Waals surface area contributed by atoms with Crippen molar-refractivity contribution in [2.24, 2.45) is 0 Å². The van der Waals surface area contributed by atoms with E-state index in [2.05, 4.69) is 51.1 Å². The maximum Gasteiger partial charge on any atom is 0.141 e. The van der Waals surface area contributed by atoms with Gasteiger partial charge in [-0.2, -0.15) is 0 Å². The lowest BCUT2D eigenvalue weighted by Crippen LogP contribution is -2.07. The van der Waals surface area contributed by atoms with E-state index in [-0.39, 0.29) is 5.78 Å². The normalized spacial score (nSPS) is 10.8. The van der Waals surface area contributed by atoms with Gasteiger partial charge in [-0.1, -0.05) is 62.4 Å². The van der Waals surface area contributed by atoms with Gasteiger partial charge in [0.05, 0.1) is 0 Å². The van der Waals surface area contributed by atoms with E-state index in [0.717, 1.165) is 11.1 Å². The summed E-state index contributed by atoms with van der Waals surface area (Å²) in [5, 5.41) is 0. The fourth-order valence-electron chi connectivity index (χ4n) is 2.33. The Labute approximate surface area is 121 Å². The quantitative estimate of drug-likeness (QED) is 0.780. The Morgan fingerprint density at radius 1 is 0.950 bits per heavy atom. The molecular formula is C19H22O. The van der Waals surface area contributed by atoms with E-state index in [1.54, 1.807) is 0 Å². The zero-order valence-electron chi connectivity index (χ0n) is 12.5. The molecule has 0 saturated carbocycles. The number of carbonyl (C=O) groups excluding carboxylic acids is 1. The number of Topliss-reactive ketones (excluding diaryl/α,β-unsaturated/α-hetero) is 1. The van der Waals surface area contributed by atoms with Crippen molar-refractivity contribution in [3.8, 4) is 0 Å². The van der Waals surface area contributed by atoms with Crippen LogP contribution in [0.1, 0.15) is 42.0 Å². The summed E-state index contributed by atoms with van der Waals surface area (Å²) >= 11 is 0. The average Bonchev–Trinajstić information content (AvgIpc) is 2.42. The molecule has 2 aromatic rings. The summed E-state index contributed by atoms with van der Waals surface area (Å²) in [5.74, 6) is 0.809. The molecule has 0 aromatic heterocycles. The molecule has 0 saturated heterocycles. The Bertz CT molecular complexity index is 579. The van der Waals surface area contributed by atoms with E-state index < -0.39 is 0 Å². The molecule has 0 bridgehead atoms. The van der Waals surface area contributed by atoms with Gasteiger partial charge in [0, 0.05) is 12.8 Å². The van der Waals surface area contributed by atoms with Gasteiger partial charge in [0.15, 0.2) is 0 Å². The van der Waals surface area contributed by atoms with E-state index in [0.29, 0.717) is 18.8 Å². The summed E-state index contributed by atoms with van der Waals surface area (Å²) in [5.41, 5.74) is 4.75. The van der Waals surface area contributed by atoms with Crippen LogP contribution in [-0.2, 0) is 17.6 Å². The number of rotatable bonds is 5. The summed E-state index contributed by atoms with van der Waals surface area (Å²) in [6.45, 7) is 6.41. The maximum absolute atomic E-state index is 12.2. The van der Waals surface area contributed by atoms with Crippen LogP contribution in [0.2, 0.25) is 0 Å². The minimum absolute atomic E-state index is 0.275. The van der Waals surface area contributed by atoms with Crippen LogP contribution >= 0.6 is 0 Å². The Kier molecular flexibility index (Phi) is 4.73. The first kappa shape index (κ1) is 14.5. The molecule has 2 rings (SSSR count). The second-order valence-corrected chi connectivity index (χ2v) is 5.71. The van der Waals surface area contributed by atoms with Gasteiger partial charge in [-0.15, -0.1) is 0 Å². The molecule has 1 heteroatoms. The van der Waals surface area contributed by atoms with Crippen LogP contribution in [-0.4, -0.2) is 5.78 Å². The summed E-state index contributed by atoms with van der Waals surface area (Å²) < 4.78 is 0. The molecule has 1 nitrogen and oxygen atoms in total. The van der Waals surface area contributed by atoms with Crippen LogP contribution in [0.15, 0.2) is 48.5 Å². The number of hydrogen-bond donors (Lipinski definition) is 0. The molecule has 0 spiro atoms. The van der Waals surface area contributed by atoms with E-state index in [4.69, 9.17) is 0 Å². The predicted molar refractivity (Wildman–Crippen MR) is 84.1 cm³/mol. The van der Waals surface area contributed by atoms with Crippen molar-refractivity contribution < 1.29 is 4.79 Å². The van der Waals surface area contributed by atoms with Crippen LogP contribution in [0.5, 0.6) is 0 Å². The van der Waals surface area contributed by atoms with Crippen LogP contribution in [0, 0.1) is 6.92 Å². The maximum atomic E-state index is 12.2. The molecule has 0 aliphatic rings. The van der Waals surface area contributed by atoms with Gasteiger partial charge < -0.3 is 0 Å². The SMILES string of the molecule is Cc1ccccc1CC(=O)Cc1ccc(C(C)C)cc1. The molecule has 0 fully saturated rings. The summed E-state index contributed by atoms with van der Waals surface area (Å²) in [6.07, 6.45) is 1.05. The zero-order chi connectivity index (χ0) is 14.5. The molecule has 0 aliphatic heterocycles. The van der Waals surface area contributed by atoms with Gasteiger partial charge in [0.1, 0.15) is 5.78 Å². The predicted octanol–water partition coefficient (Wildman–Crippen LogP) is 4.47. The Morgan fingerprint density at radius 3 is 2.20 bits per heavy atom. The molecule has 20 heavy (non-hydrogen) atoms. The fourth-order valence-corrected chi connectivity index (χ4v) is 2.33. The lowest BCUT2D eigenvalue weighted by Gasteiger charge is -2.07. The molecule has 0 amide bonds. The van der Waals surface area contributed by atoms with Gasteiger partial charge in [-0.05, 0) is 35.1 Å². The third kappa shape index (κ3) is 3.80. The second kappa shape index (κ2) is 6.51. The molecule has 0 aliphatic carbocycles. The van der Waals surface area contributed by atoms with Crippen LogP contribution in [0.3, 0.4) is 0 Å². The third-order valence-corrected chi connectivity index (χ3v) is 3.70. The number of ketones is 1. The fraction of sp³-hybridized carbons (Fsp3) is 0.316. The van der Waals surface area contributed by atoms with Gasteiger partial charge in [0.2, 0.25) is 0 Å². The van der Waals surface area contributed by atoms with Crippen molar-refractivity contribution in [3.63, 3.8) is 0 Å². The van der Waals surface area contributed by atoms with Gasteiger partial charge in [-0.3, -0.25) is 4.79 Å². The standard InChI is InChI=1S/C19H22O/c1-14(2)17-10-8-16(9-11-17)12-19(20)13-18-7-5-4-6-15(18)3/h4-11,14H,12-13H2,1-3H3. The molecule has 0 radical (unpaired) electrons. The van der Waals surface area contributed by atoms with Crippen LogP contribution < -0.4 is 0 Å². The lowest BCUT2D eigenvalue weighted by molar-refractivity contribution is -0.117. The number of carbonyl (C=O) groups is 1. The monoisotopic (exact) mass is 266 g/mol. The summed E-state index contributed by atoms with van der Waals surface area (Å²) in [7, 11) is 0. The Hall–Kier alpha value is -1.89. The van der Waals surface area contributed by atoms with Crippen LogP contribution in [0.25, 0.3) is 0 Å². The van der Waals surface area contributed by atoms with E-state index >= 15 is 0 Å². The van der Waals surface area contributed by atoms with Gasteiger partial charge >= 0.3 is 0 Å². The summed E-state index contributed by atoms with van der Waals surface area (Å²) in [4.78, 5) is 12.2. The first-order valence-corrected chi connectivity index (χ1v) is 7.21. The summed E-state index contributed by atoms with van der Waals surface area (Å²) in [6, 6.07) is 16.5. The number of hydrogen-bond acceptors (Lipinski definition) is 1. The third-order valence-electron chi connectivity index (χ3n) is 3.70. The smallest absolute Gasteiger partial charge is 0.141 e. The van der Waals surface area contributed by atoms with E-state index in [9.17, 15) is 4.79 Å². The lowest BCUT2D eigenvalue weighted by atomic mass is 9.97. The Morgan fingerprint density at radius 2 is 1.60 bits per heavy atom. The van der Waals surface area contributed by atoms with Crippen molar-refractivity contribution in [3.05, 3.63) is 70.8 Å². The zero-order valence-corrected chi connectivity index (χ0v) is 12.5. The minimum atomic E-state index is 0.275. The highest BCUT2D eigenvalue weighted by Crippen LogP contribution is 2.16. The van der Waals surface area contributed by atoms with E-state index in [1.807, 2.05) is 18.2 Å². The van der Waals surface area contributed by atoms with Crippen LogP contribution in [0.4, 0.5) is 0 Å². The number of aryl methyl sites for hydroxylation is 1. The number of benzene rings is 2. The molecule has 0 N–H and O–H groups in total. The van der Waals surface area contributed by atoms with E-state index in [1.165, 1.54) is 11.1 Å². The first-order valence-electron chi connectivity index (χ1n) is 7.21. The first-order chi connectivity index (χ1) is 9.56. The minimum Gasteiger partial charge on any atom is -0.299 e. The second-order valence-electron chi connectivity index (χ2n) is 5.71. The highest BCUT2D eigenvalue weighted by atomic mass is 16.1. The van der Waals surface area contributed by atoms with Gasteiger partial charge in [-0.25, -0.2) is 0 Å². The molecule has 104 valence electrons. The molecule has 0 heterocycles. The molecule has 0 atom stereocenters. The Balaban J connectivity index is 1.99. The molecule has 0 unspecified atom stereocenters. The average molecular weight is 266 g/mol. The molecular weight excluding hydrogens is 244 g/mol. The van der Waals surface area contributed by atoms with Crippen molar-refractivity contribution in [2.45, 2.75) is 39.5 Å². The van der Waals surface area contributed by atoms with Crippen molar-refractivity contribution in [2.75, 3.05) is 0 Å². The van der Waals surface area contributed by atoms with Crippen molar-refractivity contribution in [1.82, 2.24) is 0 Å².